The first-order valence-electron chi connectivity index (χ1n) is 6.03. The van der Waals surface area contributed by atoms with Gasteiger partial charge in [-0.1, -0.05) is 13.8 Å². The van der Waals surface area contributed by atoms with Crippen molar-refractivity contribution in [3.8, 4) is 0 Å². The molecule has 1 saturated carbocycles. The maximum Gasteiger partial charge on any atom is 0.0705 e. The first-order chi connectivity index (χ1) is 6.65. The molecule has 1 spiro atoms. The van der Waals surface area contributed by atoms with E-state index in [-0.39, 0.29) is 5.60 Å². The molecule has 2 rings (SSSR count). The van der Waals surface area contributed by atoms with E-state index >= 15 is 0 Å². The normalized spacial score (nSPS) is 48.6. The molecule has 0 radical (unpaired) electrons. The average Bonchev–Trinajstić information content (AvgIpc) is 2.56. The molecule has 0 amide bonds. The monoisotopic (exact) mass is 197 g/mol. The molecule has 4 atom stereocenters. The molecule has 2 N–H and O–H groups in total. The van der Waals surface area contributed by atoms with Crippen molar-refractivity contribution in [3.63, 3.8) is 0 Å². The fourth-order valence-corrected chi connectivity index (χ4v) is 3.06. The molecular formula is C12H23NO. The van der Waals surface area contributed by atoms with E-state index in [4.69, 9.17) is 10.5 Å². The molecule has 0 aromatic rings. The fourth-order valence-electron chi connectivity index (χ4n) is 3.06. The van der Waals surface area contributed by atoms with Gasteiger partial charge in [0.05, 0.1) is 11.7 Å². The third-order valence-electron chi connectivity index (χ3n) is 4.32. The van der Waals surface area contributed by atoms with E-state index < -0.39 is 0 Å². The summed E-state index contributed by atoms with van der Waals surface area (Å²) in [5.41, 5.74) is 5.88. The molecule has 2 aliphatic rings. The van der Waals surface area contributed by atoms with E-state index in [2.05, 4.69) is 13.8 Å². The van der Waals surface area contributed by atoms with E-state index in [0.717, 1.165) is 11.8 Å². The van der Waals surface area contributed by atoms with Gasteiger partial charge in [-0.3, -0.25) is 0 Å². The third-order valence-corrected chi connectivity index (χ3v) is 4.32. The molecular weight excluding hydrogens is 174 g/mol. The molecule has 0 aromatic heterocycles. The van der Waals surface area contributed by atoms with Crippen LogP contribution in [-0.4, -0.2) is 18.2 Å². The van der Waals surface area contributed by atoms with Gasteiger partial charge in [-0.05, 0) is 43.9 Å². The summed E-state index contributed by atoms with van der Waals surface area (Å²) in [6, 6.07) is 0. The zero-order valence-electron chi connectivity index (χ0n) is 9.46. The van der Waals surface area contributed by atoms with Gasteiger partial charge in [-0.15, -0.1) is 0 Å². The topological polar surface area (TPSA) is 35.2 Å². The van der Waals surface area contributed by atoms with Crippen molar-refractivity contribution in [1.82, 2.24) is 0 Å². The second-order valence-electron chi connectivity index (χ2n) is 5.39. The van der Waals surface area contributed by atoms with Crippen molar-refractivity contribution < 1.29 is 4.74 Å². The summed E-state index contributed by atoms with van der Waals surface area (Å²) in [4.78, 5) is 0. The van der Waals surface area contributed by atoms with Crippen LogP contribution in [0.15, 0.2) is 0 Å². The minimum absolute atomic E-state index is 0.218. The number of hydrogen-bond acceptors (Lipinski definition) is 2. The Morgan fingerprint density at radius 2 is 1.93 bits per heavy atom. The highest BCUT2D eigenvalue weighted by Gasteiger charge is 2.43. The molecule has 82 valence electrons. The molecule has 1 aliphatic heterocycles. The lowest BCUT2D eigenvalue weighted by Crippen LogP contribution is -2.38. The Bertz CT molecular complexity index is 206. The van der Waals surface area contributed by atoms with E-state index in [1.54, 1.807) is 0 Å². The largest absolute Gasteiger partial charge is 0.370 e. The lowest BCUT2D eigenvalue weighted by molar-refractivity contribution is -0.0802. The molecule has 0 unspecified atom stereocenters. The molecule has 2 nitrogen and oxygen atoms in total. The quantitative estimate of drug-likeness (QED) is 0.700. The van der Waals surface area contributed by atoms with E-state index in [1.165, 1.54) is 32.1 Å². The lowest BCUT2D eigenvalue weighted by atomic mass is 9.72. The Morgan fingerprint density at radius 3 is 2.50 bits per heavy atom. The molecule has 1 heterocycles. The maximum absolute atomic E-state index is 6.13. The van der Waals surface area contributed by atoms with Gasteiger partial charge >= 0.3 is 0 Å². The smallest absolute Gasteiger partial charge is 0.0705 e. The predicted molar refractivity (Wildman–Crippen MR) is 58.1 cm³/mol. The Kier molecular flexibility index (Phi) is 2.85. The molecule has 0 aromatic carbocycles. The van der Waals surface area contributed by atoms with Crippen LogP contribution >= 0.6 is 0 Å². The van der Waals surface area contributed by atoms with E-state index in [1.807, 2.05) is 0 Å². The first kappa shape index (κ1) is 10.4. The summed E-state index contributed by atoms with van der Waals surface area (Å²) in [5.74, 6) is 1.70. The van der Waals surface area contributed by atoms with Crippen LogP contribution in [0.5, 0.6) is 0 Å². The van der Waals surface area contributed by atoms with E-state index in [9.17, 15) is 0 Å². The van der Waals surface area contributed by atoms with Crippen LogP contribution in [0, 0.1) is 11.8 Å². The van der Waals surface area contributed by atoms with Crippen LogP contribution in [0.25, 0.3) is 0 Å². The Hall–Kier alpha value is -0.0800. The Labute approximate surface area is 87.2 Å². The second-order valence-corrected chi connectivity index (χ2v) is 5.39. The number of nitrogens with two attached hydrogens (primary N) is 1. The van der Waals surface area contributed by atoms with Gasteiger partial charge in [-0.25, -0.2) is 0 Å². The molecule has 2 fully saturated rings. The number of hydrogen-bond donors (Lipinski definition) is 1. The van der Waals surface area contributed by atoms with Crippen LogP contribution in [0.3, 0.4) is 0 Å². The second kappa shape index (κ2) is 3.82. The Balaban J connectivity index is 1.98. The number of rotatable bonds is 1. The van der Waals surface area contributed by atoms with Crippen LogP contribution < -0.4 is 5.73 Å². The van der Waals surface area contributed by atoms with Gasteiger partial charge in [0.1, 0.15) is 0 Å². The number of ether oxygens (including phenoxy) is 1. The molecule has 0 bridgehead atoms. The van der Waals surface area contributed by atoms with Crippen molar-refractivity contribution in [1.29, 1.82) is 0 Å². The predicted octanol–water partition coefficient (Wildman–Crippen LogP) is 2.32. The first-order valence-corrected chi connectivity index (χ1v) is 6.03. The van der Waals surface area contributed by atoms with Gasteiger partial charge in [0.2, 0.25) is 0 Å². The zero-order chi connectivity index (χ0) is 10.2. The summed E-state index contributed by atoms with van der Waals surface area (Å²) in [7, 11) is 0. The summed E-state index contributed by atoms with van der Waals surface area (Å²) in [6.07, 6.45) is 6.61. The lowest BCUT2D eigenvalue weighted by Gasteiger charge is -2.40. The van der Waals surface area contributed by atoms with Gasteiger partial charge in [0, 0.05) is 6.54 Å². The highest BCUT2D eigenvalue weighted by atomic mass is 16.5. The minimum atomic E-state index is 0.218. The summed E-state index contributed by atoms with van der Waals surface area (Å²) >= 11 is 0. The third kappa shape index (κ3) is 1.82. The highest BCUT2D eigenvalue weighted by Crippen LogP contribution is 2.45. The average molecular weight is 197 g/mol. The summed E-state index contributed by atoms with van der Waals surface area (Å²) in [6.45, 7) is 5.43. The standard InChI is InChI=1S/C12H23NO/c1-9-3-5-12(7-10(9)2)6-4-11(8-13)14-12/h9-11H,3-8,13H2,1-2H3/t9-,10+,11+,12+/m1/s1. The van der Waals surface area contributed by atoms with Crippen LogP contribution in [0.1, 0.15) is 46.0 Å². The van der Waals surface area contributed by atoms with Crippen molar-refractivity contribution >= 4 is 0 Å². The van der Waals surface area contributed by atoms with Gasteiger partial charge in [0.25, 0.3) is 0 Å². The van der Waals surface area contributed by atoms with Crippen molar-refractivity contribution in [3.05, 3.63) is 0 Å². The highest BCUT2D eigenvalue weighted by molar-refractivity contribution is 4.94. The van der Waals surface area contributed by atoms with Crippen molar-refractivity contribution in [2.75, 3.05) is 6.54 Å². The van der Waals surface area contributed by atoms with Crippen molar-refractivity contribution in [2.45, 2.75) is 57.7 Å². The summed E-state index contributed by atoms with van der Waals surface area (Å²) < 4.78 is 6.13. The fraction of sp³-hybridized carbons (Fsp3) is 1.00. The molecule has 14 heavy (non-hydrogen) atoms. The van der Waals surface area contributed by atoms with Crippen LogP contribution in [-0.2, 0) is 4.74 Å². The zero-order valence-corrected chi connectivity index (χ0v) is 9.46. The van der Waals surface area contributed by atoms with Crippen LogP contribution in [0.2, 0.25) is 0 Å². The molecule has 2 heteroatoms. The SMILES string of the molecule is C[C@@H]1CC[C@]2(CC[C@@H](CN)O2)C[C@@H]1C. The van der Waals surface area contributed by atoms with Crippen LogP contribution in [0.4, 0.5) is 0 Å². The Morgan fingerprint density at radius 1 is 1.21 bits per heavy atom. The van der Waals surface area contributed by atoms with Crippen molar-refractivity contribution in [2.24, 2.45) is 17.6 Å². The molecule has 1 saturated heterocycles. The minimum Gasteiger partial charge on any atom is -0.370 e. The van der Waals surface area contributed by atoms with E-state index in [0.29, 0.717) is 12.6 Å². The maximum atomic E-state index is 6.13. The summed E-state index contributed by atoms with van der Waals surface area (Å²) in [5, 5.41) is 0. The van der Waals surface area contributed by atoms with Gasteiger partial charge < -0.3 is 10.5 Å². The van der Waals surface area contributed by atoms with Gasteiger partial charge in [0.15, 0.2) is 0 Å². The van der Waals surface area contributed by atoms with Gasteiger partial charge in [-0.2, -0.15) is 0 Å². The molecule has 1 aliphatic carbocycles.